The van der Waals surface area contributed by atoms with Crippen LogP contribution in [0.2, 0.25) is 0 Å². The van der Waals surface area contributed by atoms with Gasteiger partial charge >= 0.3 is 6.09 Å². The van der Waals surface area contributed by atoms with E-state index in [0.29, 0.717) is 0 Å². The number of rotatable bonds is 1. The van der Waals surface area contributed by atoms with E-state index in [2.05, 4.69) is 41.2 Å². The molecule has 0 radical (unpaired) electrons. The third-order valence-electron chi connectivity index (χ3n) is 3.54. The highest BCUT2D eigenvalue weighted by molar-refractivity contribution is 9.10. The van der Waals surface area contributed by atoms with Crippen LogP contribution < -0.4 is 5.32 Å². The Morgan fingerprint density at radius 3 is 2.65 bits per heavy atom. The Hall–Kier alpha value is -1.03. The second-order valence-corrected chi connectivity index (χ2v) is 7.91. The lowest BCUT2D eigenvalue weighted by Gasteiger charge is -2.29. The average Bonchev–Trinajstić information content (AvgIpc) is 2.50. The zero-order valence-electron chi connectivity index (χ0n) is 12.7. The Balaban J connectivity index is 2.24. The highest BCUT2D eigenvalue weighted by Crippen LogP contribution is 2.47. The van der Waals surface area contributed by atoms with Gasteiger partial charge in [-0.2, -0.15) is 0 Å². The van der Waals surface area contributed by atoms with Crippen molar-refractivity contribution in [1.29, 1.82) is 0 Å². The summed E-state index contributed by atoms with van der Waals surface area (Å²) in [6.07, 6.45) is 0.577. The molecular formula is C16H22BrNO2. The van der Waals surface area contributed by atoms with Crippen molar-refractivity contribution in [2.45, 2.75) is 52.7 Å². The number of benzene rings is 1. The number of amides is 1. The molecule has 1 aromatic rings. The van der Waals surface area contributed by atoms with Crippen LogP contribution >= 0.6 is 15.9 Å². The number of hydrogen-bond donors (Lipinski definition) is 1. The van der Waals surface area contributed by atoms with Crippen molar-refractivity contribution in [3.8, 4) is 0 Å². The van der Waals surface area contributed by atoms with Crippen molar-refractivity contribution in [2.75, 3.05) is 0 Å². The quantitative estimate of drug-likeness (QED) is 0.812. The summed E-state index contributed by atoms with van der Waals surface area (Å²) < 4.78 is 6.48. The van der Waals surface area contributed by atoms with E-state index in [1.54, 1.807) is 0 Å². The first-order valence-electron chi connectivity index (χ1n) is 6.87. The molecule has 0 spiro atoms. The van der Waals surface area contributed by atoms with Gasteiger partial charge < -0.3 is 10.1 Å². The number of carbonyl (C=O) groups is 1. The van der Waals surface area contributed by atoms with Crippen LogP contribution in [0.3, 0.4) is 0 Å². The molecule has 3 nitrogen and oxygen atoms in total. The highest BCUT2D eigenvalue weighted by Gasteiger charge is 2.41. The summed E-state index contributed by atoms with van der Waals surface area (Å²) >= 11 is 3.60. The van der Waals surface area contributed by atoms with E-state index >= 15 is 0 Å². The summed E-state index contributed by atoms with van der Waals surface area (Å²) in [7, 11) is 0. The number of nitrogens with one attached hydrogen (secondary N) is 1. The largest absolute Gasteiger partial charge is 0.444 e. The highest BCUT2D eigenvalue weighted by atomic mass is 79.9. The predicted octanol–water partition coefficient (Wildman–Crippen LogP) is 4.60. The SMILES string of the molecule is CC(C)(C)OC(=O)NC1c2cccc(Br)c2CC1(C)C. The summed E-state index contributed by atoms with van der Waals surface area (Å²) in [6.45, 7) is 9.95. The first-order chi connectivity index (χ1) is 9.10. The molecule has 0 fully saturated rings. The number of ether oxygens (including phenoxy) is 1. The minimum Gasteiger partial charge on any atom is -0.444 e. The van der Waals surface area contributed by atoms with E-state index in [1.165, 1.54) is 11.1 Å². The van der Waals surface area contributed by atoms with E-state index in [-0.39, 0.29) is 17.6 Å². The molecule has 110 valence electrons. The normalized spacial score (nSPS) is 20.4. The summed E-state index contributed by atoms with van der Waals surface area (Å²) in [5.41, 5.74) is 1.95. The monoisotopic (exact) mass is 339 g/mol. The van der Waals surface area contributed by atoms with Crippen LogP contribution in [0.1, 0.15) is 51.8 Å². The van der Waals surface area contributed by atoms with Crippen molar-refractivity contribution in [2.24, 2.45) is 5.41 Å². The number of hydrogen-bond acceptors (Lipinski definition) is 2. The van der Waals surface area contributed by atoms with Gasteiger partial charge in [0, 0.05) is 4.47 Å². The maximum absolute atomic E-state index is 12.1. The van der Waals surface area contributed by atoms with Crippen molar-refractivity contribution in [3.63, 3.8) is 0 Å². The molecule has 1 aliphatic carbocycles. The molecule has 4 heteroatoms. The molecule has 0 saturated carbocycles. The molecule has 1 amide bonds. The smallest absolute Gasteiger partial charge is 0.408 e. The molecule has 1 N–H and O–H groups in total. The molecular weight excluding hydrogens is 318 g/mol. The Labute approximate surface area is 129 Å². The number of alkyl carbamates (subject to hydrolysis) is 1. The minimum atomic E-state index is -0.479. The second kappa shape index (κ2) is 5.06. The van der Waals surface area contributed by atoms with E-state index in [9.17, 15) is 4.79 Å². The molecule has 1 aliphatic rings. The first kappa shape index (κ1) is 15.4. The van der Waals surface area contributed by atoms with Gasteiger partial charge in [0.25, 0.3) is 0 Å². The standard InChI is InChI=1S/C16H22BrNO2/c1-15(2,3)20-14(19)18-13-10-7-6-8-12(17)11(10)9-16(13,4)5/h6-8,13H,9H2,1-5H3,(H,18,19). The van der Waals surface area contributed by atoms with Gasteiger partial charge in [-0.25, -0.2) is 4.79 Å². The molecule has 1 unspecified atom stereocenters. The Kier molecular flexibility index (Phi) is 3.89. The zero-order chi connectivity index (χ0) is 15.1. The lowest BCUT2D eigenvalue weighted by molar-refractivity contribution is 0.0465. The first-order valence-corrected chi connectivity index (χ1v) is 7.66. The topological polar surface area (TPSA) is 38.3 Å². The Morgan fingerprint density at radius 2 is 2.05 bits per heavy atom. The summed E-state index contributed by atoms with van der Waals surface area (Å²) in [5, 5.41) is 3.03. The molecule has 0 aliphatic heterocycles. The fourth-order valence-corrected chi connectivity index (χ4v) is 3.23. The molecule has 0 heterocycles. The molecule has 2 rings (SSSR count). The van der Waals surface area contributed by atoms with Gasteiger partial charge in [0.15, 0.2) is 0 Å². The predicted molar refractivity (Wildman–Crippen MR) is 83.7 cm³/mol. The molecule has 20 heavy (non-hydrogen) atoms. The van der Waals surface area contributed by atoms with Crippen molar-refractivity contribution in [1.82, 2.24) is 5.32 Å². The van der Waals surface area contributed by atoms with Crippen molar-refractivity contribution < 1.29 is 9.53 Å². The van der Waals surface area contributed by atoms with E-state index in [1.807, 2.05) is 32.9 Å². The second-order valence-electron chi connectivity index (χ2n) is 7.05. The maximum atomic E-state index is 12.1. The fraction of sp³-hybridized carbons (Fsp3) is 0.562. The lowest BCUT2D eigenvalue weighted by Crippen LogP contribution is -2.39. The van der Waals surface area contributed by atoms with Crippen LogP contribution in [-0.4, -0.2) is 11.7 Å². The van der Waals surface area contributed by atoms with E-state index in [4.69, 9.17) is 4.74 Å². The molecule has 1 atom stereocenters. The van der Waals surface area contributed by atoms with Gasteiger partial charge in [-0.15, -0.1) is 0 Å². The van der Waals surface area contributed by atoms with Crippen molar-refractivity contribution >= 4 is 22.0 Å². The third-order valence-corrected chi connectivity index (χ3v) is 4.28. The third kappa shape index (κ3) is 3.17. The Morgan fingerprint density at radius 1 is 1.40 bits per heavy atom. The van der Waals surface area contributed by atoms with Gasteiger partial charge in [-0.05, 0) is 49.8 Å². The van der Waals surface area contributed by atoms with Gasteiger partial charge in [-0.1, -0.05) is 41.9 Å². The summed E-state index contributed by atoms with van der Waals surface area (Å²) in [6, 6.07) is 6.11. The average molecular weight is 340 g/mol. The molecule has 1 aromatic carbocycles. The van der Waals surface area contributed by atoms with Crippen LogP contribution in [0.4, 0.5) is 4.79 Å². The van der Waals surface area contributed by atoms with Crippen LogP contribution in [0.15, 0.2) is 22.7 Å². The minimum absolute atomic E-state index is 0.0233. The van der Waals surface area contributed by atoms with E-state index < -0.39 is 5.60 Å². The van der Waals surface area contributed by atoms with Crippen LogP contribution in [0.5, 0.6) is 0 Å². The van der Waals surface area contributed by atoms with Gasteiger partial charge in [0.2, 0.25) is 0 Å². The van der Waals surface area contributed by atoms with Crippen LogP contribution in [0.25, 0.3) is 0 Å². The van der Waals surface area contributed by atoms with Crippen LogP contribution in [0, 0.1) is 5.41 Å². The van der Waals surface area contributed by atoms with Crippen LogP contribution in [-0.2, 0) is 11.2 Å². The van der Waals surface area contributed by atoms with E-state index in [0.717, 1.165) is 10.9 Å². The summed E-state index contributed by atoms with van der Waals surface area (Å²) in [5.74, 6) is 0. The van der Waals surface area contributed by atoms with Gasteiger partial charge in [0.05, 0.1) is 6.04 Å². The fourth-order valence-electron chi connectivity index (χ4n) is 2.71. The summed E-state index contributed by atoms with van der Waals surface area (Å²) in [4.78, 5) is 12.1. The zero-order valence-corrected chi connectivity index (χ0v) is 14.3. The number of carbonyl (C=O) groups excluding carboxylic acids is 1. The molecule has 0 bridgehead atoms. The number of fused-ring (bicyclic) bond motifs is 1. The number of halogens is 1. The van der Waals surface area contributed by atoms with Gasteiger partial charge in [0.1, 0.15) is 5.60 Å². The van der Waals surface area contributed by atoms with Crippen molar-refractivity contribution in [3.05, 3.63) is 33.8 Å². The maximum Gasteiger partial charge on any atom is 0.408 e. The lowest BCUT2D eigenvalue weighted by atomic mass is 9.85. The molecule has 0 saturated heterocycles. The molecule has 0 aromatic heterocycles. The van der Waals surface area contributed by atoms with Gasteiger partial charge in [-0.3, -0.25) is 0 Å². The Bertz CT molecular complexity index is 532.